The molecule has 0 fully saturated rings. The molecule has 7 nitrogen and oxygen atoms in total. The van der Waals surface area contributed by atoms with Gasteiger partial charge in [0.1, 0.15) is 6.20 Å². The van der Waals surface area contributed by atoms with Crippen LogP contribution in [0.3, 0.4) is 0 Å². The number of nitrogens with one attached hydrogen (secondary N) is 1. The third-order valence-electron chi connectivity index (χ3n) is 1.82. The largest absolute Gasteiger partial charge is 0.472 e. The van der Waals surface area contributed by atoms with Crippen molar-refractivity contribution < 1.29 is 9.66 Å². The standard InChI is InChI=1S/C10H16N4O3/c1-4-11-10-12-5-8(14(15)16)9(13-10)17-6-7(2)3/h5,7H,4,6H2,1-3H3,(H,11,12,13). The van der Waals surface area contributed by atoms with Crippen LogP contribution in [0.5, 0.6) is 5.88 Å². The minimum Gasteiger partial charge on any atom is -0.472 e. The zero-order chi connectivity index (χ0) is 12.8. The van der Waals surface area contributed by atoms with Gasteiger partial charge in [0.05, 0.1) is 11.5 Å². The second kappa shape index (κ2) is 5.97. The second-order valence-corrected chi connectivity index (χ2v) is 3.88. The van der Waals surface area contributed by atoms with E-state index in [1.807, 2.05) is 20.8 Å². The van der Waals surface area contributed by atoms with Gasteiger partial charge in [0, 0.05) is 6.54 Å². The molecule has 0 saturated heterocycles. The zero-order valence-corrected chi connectivity index (χ0v) is 10.1. The SMILES string of the molecule is CCNc1ncc([N+](=O)[O-])c(OCC(C)C)n1. The molecule has 0 aliphatic rings. The molecule has 1 heterocycles. The first-order chi connectivity index (χ1) is 8.04. The first-order valence-electron chi connectivity index (χ1n) is 5.42. The highest BCUT2D eigenvalue weighted by molar-refractivity contribution is 5.43. The van der Waals surface area contributed by atoms with E-state index in [2.05, 4.69) is 15.3 Å². The predicted molar refractivity (Wildman–Crippen MR) is 63.2 cm³/mol. The van der Waals surface area contributed by atoms with Crippen molar-refractivity contribution >= 4 is 11.6 Å². The Morgan fingerprint density at radius 2 is 2.29 bits per heavy atom. The summed E-state index contributed by atoms with van der Waals surface area (Å²) >= 11 is 0. The van der Waals surface area contributed by atoms with Crippen molar-refractivity contribution in [2.45, 2.75) is 20.8 Å². The van der Waals surface area contributed by atoms with Crippen molar-refractivity contribution in [1.29, 1.82) is 0 Å². The van der Waals surface area contributed by atoms with Crippen LogP contribution in [0.25, 0.3) is 0 Å². The summed E-state index contributed by atoms with van der Waals surface area (Å²) in [7, 11) is 0. The van der Waals surface area contributed by atoms with Crippen molar-refractivity contribution in [2.24, 2.45) is 5.92 Å². The smallest absolute Gasteiger partial charge is 0.349 e. The molecular formula is C10H16N4O3. The maximum absolute atomic E-state index is 10.8. The average Bonchev–Trinajstić information content (AvgIpc) is 2.26. The Hall–Kier alpha value is -1.92. The molecule has 1 rings (SSSR count). The lowest BCUT2D eigenvalue weighted by molar-refractivity contribution is -0.386. The van der Waals surface area contributed by atoms with Crippen LogP contribution in [0.2, 0.25) is 0 Å². The number of hydrogen-bond donors (Lipinski definition) is 1. The van der Waals surface area contributed by atoms with Gasteiger partial charge < -0.3 is 10.1 Å². The van der Waals surface area contributed by atoms with Crippen LogP contribution in [0.15, 0.2) is 6.20 Å². The topological polar surface area (TPSA) is 90.2 Å². The Morgan fingerprint density at radius 1 is 1.59 bits per heavy atom. The molecule has 1 aromatic rings. The quantitative estimate of drug-likeness (QED) is 0.602. The Morgan fingerprint density at radius 3 is 2.82 bits per heavy atom. The summed E-state index contributed by atoms with van der Waals surface area (Å²) in [5.41, 5.74) is -0.215. The Labute approximate surface area is 99.4 Å². The second-order valence-electron chi connectivity index (χ2n) is 3.88. The molecular weight excluding hydrogens is 224 g/mol. The van der Waals surface area contributed by atoms with E-state index in [4.69, 9.17) is 4.74 Å². The van der Waals surface area contributed by atoms with Crippen molar-refractivity contribution in [3.05, 3.63) is 16.3 Å². The fraction of sp³-hybridized carbons (Fsp3) is 0.600. The summed E-state index contributed by atoms with van der Waals surface area (Å²) in [6.07, 6.45) is 1.15. The van der Waals surface area contributed by atoms with Gasteiger partial charge in [-0.25, -0.2) is 4.98 Å². The van der Waals surface area contributed by atoms with Gasteiger partial charge in [-0.2, -0.15) is 4.98 Å². The van der Waals surface area contributed by atoms with Crippen LogP contribution in [0.4, 0.5) is 11.6 Å². The fourth-order valence-corrected chi connectivity index (χ4v) is 1.08. The lowest BCUT2D eigenvalue weighted by Gasteiger charge is -2.09. The predicted octanol–water partition coefficient (Wildman–Crippen LogP) is 1.85. The molecule has 0 bridgehead atoms. The van der Waals surface area contributed by atoms with E-state index >= 15 is 0 Å². The number of nitrogens with zero attached hydrogens (tertiary/aromatic N) is 3. The van der Waals surface area contributed by atoms with Crippen molar-refractivity contribution in [3.63, 3.8) is 0 Å². The number of anilines is 1. The van der Waals surface area contributed by atoms with E-state index in [-0.39, 0.29) is 17.5 Å². The van der Waals surface area contributed by atoms with Crippen molar-refractivity contribution in [3.8, 4) is 5.88 Å². The molecule has 0 aliphatic heterocycles. The first kappa shape index (κ1) is 13.1. The highest BCUT2D eigenvalue weighted by Crippen LogP contribution is 2.24. The van der Waals surface area contributed by atoms with E-state index in [9.17, 15) is 10.1 Å². The van der Waals surface area contributed by atoms with Crippen LogP contribution in [0.1, 0.15) is 20.8 Å². The van der Waals surface area contributed by atoms with Crippen LogP contribution in [-0.4, -0.2) is 28.0 Å². The molecule has 0 spiro atoms. The molecule has 0 aromatic carbocycles. The van der Waals surface area contributed by atoms with Gasteiger partial charge in [0.2, 0.25) is 5.95 Å². The summed E-state index contributed by atoms with van der Waals surface area (Å²) < 4.78 is 5.31. The van der Waals surface area contributed by atoms with E-state index in [0.717, 1.165) is 6.20 Å². The van der Waals surface area contributed by atoms with Crippen LogP contribution < -0.4 is 10.1 Å². The van der Waals surface area contributed by atoms with Gasteiger partial charge in [-0.3, -0.25) is 10.1 Å². The van der Waals surface area contributed by atoms with Gasteiger partial charge >= 0.3 is 5.69 Å². The van der Waals surface area contributed by atoms with E-state index < -0.39 is 4.92 Å². The highest BCUT2D eigenvalue weighted by atomic mass is 16.6. The molecule has 94 valence electrons. The lowest BCUT2D eigenvalue weighted by atomic mass is 10.2. The van der Waals surface area contributed by atoms with E-state index in [1.165, 1.54) is 0 Å². The molecule has 1 N–H and O–H groups in total. The molecule has 0 amide bonds. The van der Waals surface area contributed by atoms with Gasteiger partial charge in [0.25, 0.3) is 5.88 Å². The lowest BCUT2D eigenvalue weighted by Crippen LogP contribution is -2.10. The maximum Gasteiger partial charge on any atom is 0.349 e. The van der Waals surface area contributed by atoms with Crippen molar-refractivity contribution in [2.75, 3.05) is 18.5 Å². The number of hydrogen-bond acceptors (Lipinski definition) is 6. The summed E-state index contributed by atoms with van der Waals surface area (Å²) in [4.78, 5) is 18.0. The number of aromatic nitrogens is 2. The Bertz CT molecular complexity index is 395. The first-order valence-corrected chi connectivity index (χ1v) is 5.42. The van der Waals surface area contributed by atoms with E-state index in [0.29, 0.717) is 19.1 Å². The molecule has 0 atom stereocenters. The molecule has 7 heteroatoms. The van der Waals surface area contributed by atoms with Crippen LogP contribution in [0, 0.1) is 16.0 Å². The number of ether oxygens (including phenoxy) is 1. The minimum atomic E-state index is -0.550. The molecule has 17 heavy (non-hydrogen) atoms. The molecule has 0 aliphatic carbocycles. The summed E-state index contributed by atoms with van der Waals surface area (Å²) in [5.74, 6) is 0.610. The van der Waals surface area contributed by atoms with Gasteiger partial charge in [-0.05, 0) is 12.8 Å². The van der Waals surface area contributed by atoms with Gasteiger partial charge in [-0.1, -0.05) is 13.8 Å². The van der Waals surface area contributed by atoms with Crippen LogP contribution in [-0.2, 0) is 0 Å². The molecule has 0 radical (unpaired) electrons. The summed E-state index contributed by atoms with van der Waals surface area (Å²) in [6.45, 7) is 6.82. The monoisotopic (exact) mass is 240 g/mol. The Kier molecular flexibility index (Phi) is 4.62. The van der Waals surface area contributed by atoms with Gasteiger partial charge in [0.15, 0.2) is 0 Å². The summed E-state index contributed by atoms with van der Waals surface area (Å²) in [6, 6.07) is 0. The number of rotatable bonds is 6. The fourth-order valence-electron chi connectivity index (χ4n) is 1.08. The van der Waals surface area contributed by atoms with Crippen molar-refractivity contribution in [1.82, 2.24) is 9.97 Å². The minimum absolute atomic E-state index is 0.00894. The molecule has 1 aromatic heterocycles. The van der Waals surface area contributed by atoms with Crippen LogP contribution >= 0.6 is 0 Å². The van der Waals surface area contributed by atoms with Gasteiger partial charge in [-0.15, -0.1) is 0 Å². The zero-order valence-electron chi connectivity index (χ0n) is 10.1. The molecule has 0 saturated carbocycles. The average molecular weight is 240 g/mol. The third-order valence-corrected chi connectivity index (χ3v) is 1.82. The third kappa shape index (κ3) is 3.86. The summed E-state index contributed by atoms with van der Waals surface area (Å²) in [5, 5.41) is 13.6. The number of nitro groups is 1. The van der Waals surface area contributed by atoms with E-state index in [1.54, 1.807) is 0 Å². The Balaban J connectivity index is 2.94. The highest BCUT2D eigenvalue weighted by Gasteiger charge is 2.19. The maximum atomic E-state index is 10.8. The molecule has 0 unspecified atom stereocenters. The normalized spacial score (nSPS) is 10.4.